The summed E-state index contributed by atoms with van der Waals surface area (Å²) in [7, 11) is 1.64. The molecule has 2 aromatic rings. The second kappa shape index (κ2) is 9.39. The van der Waals surface area contributed by atoms with Crippen molar-refractivity contribution < 1.29 is 9.84 Å². The summed E-state index contributed by atoms with van der Waals surface area (Å²) in [5, 5.41) is 12.8. The Morgan fingerprint density at radius 1 is 1.19 bits per heavy atom. The molecular weight excluding hydrogens is 340 g/mol. The Labute approximate surface area is 160 Å². The van der Waals surface area contributed by atoms with Crippen molar-refractivity contribution in [2.24, 2.45) is 10.7 Å². The molecule has 6 nitrogen and oxygen atoms in total. The molecule has 1 saturated heterocycles. The van der Waals surface area contributed by atoms with Crippen LogP contribution in [0.4, 0.5) is 5.69 Å². The topological polar surface area (TPSA) is 83.1 Å². The molecule has 0 bridgehead atoms. The van der Waals surface area contributed by atoms with Crippen LogP contribution < -0.4 is 15.8 Å². The zero-order valence-electron chi connectivity index (χ0n) is 15.8. The summed E-state index contributed by atoms with van der Waals surface area (Å²) in [6.45, 7) is 3.26. The molecule has 0 aliphatic carbocycles. The normalized spacial score (nSPS) is 16.3. The lowest BCUT2D eigenvalue weighted by atomic mass is 10.0. The van der Waals surface area contributed by atoms with Gasteiger partial charge in [0.2, 0.25) is 0 Å². The maximum Gasteiger partial charge on any atom is 0.193 e. The van der Waals surface area contributed by atoms with Crippen molar-refractivity contribution >= 4 is 11.6 Å². The Hall–Kier alpha value is -2.57. The minimum atomic E-state index is -0.149. The summed E-state index contributed by atoms with van der Waals surface area (Å²) in [5.74, 6) is 1.14. The lowest BCUT2D eigenvalue weighted by Gasteiger charge is -2.30. The molecule has 3 rings (SSSR count). The Bertz CT molecular complexity index is 770. The number of benzene rings is 2. The molecule has 6 heteroatoms. The van der Waals surface area contributed by atoms with Gasteiger partial charge in [-0.3, -0.25) is 4.90 Å². The third-order valence-electron chi connectivity index (χ3n) is 4.83. The first kappa shape index (κ1) is 19.2. The van der Waals surface area contributed by atoms with E-state index in [0.717, 1.165) is 43.9 Å². The molecule has 27 heavy (non-hydrogen) atoms. The third kappa shape index (κ3) is 5.70. The molecule has 4 N–H and O–H groups in total. The Kier molecular flexibility index (Phi) is 6.68. The fourth-order valence-electron chi connectivity index (χ4n) is 3.24. The molecule has 0 amide bonds. The largest absolute Gasteiger partial charge is 0.497 e. The van der Waals surface area contributed by atoms with Crippen LogP contribution in [0, 0.1) is 0 Å². The van der Waals surface area contributed by atoms with Crippen molar-refractivity contribution in [2.75, 3.05) is 25.5 Å². The summed E-state index contributed by atoms with van der Waals surface area (Å²) in [4.78, 5) is 6.88. The van der Waals surface area contributed by atoms with Crippen LogP contribution in [0.5, 0.6) is 5.75 Å². The Balaban J connectivity index is 1.62. The summed E-state index contributed by atoms with van der Waals surface area (Å²) < 4.78 is 5.22. The molecule has 0 radical (unpaired) electrons. The number of piperidine rings is 1. The summed E-state index contributed by atoms with van der Waals surface area (Å²) in [5.41, 5.74) is 9.32. The predicted molar refractivity (Wildman–Crippen MR) is 109 cm³/mol. The number of nitrogens with one attached hydrogen (secondary N) is 1. The number of guanidine groups is 1. The van der Waals surface area contributed by atoms with E-state index in [0.29, 0.717) is 12.5 Å². The number of anilines is 1. The number of aliphatic hydroxyl groups is 1. The van der Waals surface area contributed by atoms with Gasteiger partial charge in [0.25, 0.3) is 0 Å². The molecule has 2 aromatic carbocycles. The lowest BCUT2D eigenvalue weighted by molar-refractivity contribution is 0.0791. The van der Waals surface area contributed by atoms with Gasteiger partial charge in [0, 0.05) is 31.4 Å². The van der Waals surface area contributed by atoms with Gasteiger partial charge in [-0.2, -0.15) is 0 Å². The van der Waals surface area contributed by atoms with E-state index in [1.807, 2.05) is 30.3 Å². The number of rotatable bonds is 6. The van der Waals surface area contributed by atoms with Gasteiger partial charge in [-0.25, -0.2) is 4.99 Å². The van der Waals surface area contributed by atoms with E-state index in [1.165, 1.54) is 11.1 Å². The molecule has 144 valence electrons. The van der Waals surface area contributed by atoms with Gasteiger partial charge in [-0.15, -0.1) is 0 Å². The Morgan fingerprint density at radius 3 is 2.67 bits per heavy atom. The molecule has 1 heterocycles. The molecular formula is C21H28N4O2. The van der Waals surface area contributed by atoms with Gasteiger partial charge < -0.3 is 20.9 Å². The van der Waals surface area contributed by atoms with E-state index >= 15 is 0 Å². The quantitative estimate of drug-likeness (QED) is 0.539. The molecule has 0 saturated carbocycles. The molecule has 1 aliphatic heterocycles. The molecule has 1 aliphatic rings. The number of aliphatic hydroxyl groups excluding tert-OH is 1. The van der Waals surface area contributed by atoms with E-state index in [1.54, 1.807) is 7.11 Å². The molecule has 0 unspecified atom stereocenters. The fourth-order valence-corrected chi connectivity index (χ4v) is 3.24. The number of aliphatic imine (C=N–C) groups is 1. The van der Waals surface area contributed by atoms with Crippen molar-refractivity contribution in [3.05, 3.63) is 59.7 Å². The van der Waals surface area contributed by atoms with Gasteiger partial charge in [-0.05, 0) is 36.1 Å². The van der Waals surface area contributed by atoms with E-state index < -0.39 is 0 Å². The minimum Gasteiger partial charge on any atom is -0.497 e. The molecule has 1 fully saturated rings. The number of methoxy groups -OCH3 is 1. The van der Waals surface area contributed by atoms with E-state index in [-0.39, 0.29) is 6.10 Å². The van der Waals surface area contributed by atoms with Crippen LogP contribution >= 0.6 is 0 Å². The maximum atomic E-state index is 9.67. The molecule has 0 spiro atoms. The fraction of sp³-hybridized carbons (Fsp3) is 0.381. The van der Waals surface area contributed by atoms with Crippen LogP contribution in [-0.4, -0.2) is 42.3 Å². The molecule has 0 atom stereocenters. The van der Waals surface area contributed by atoms with Crippen LogP contribution in [0.2, 0.25) is 0 Å². The summed E-state index contributed by atoms with van der Waals surface area (Å²) in [6, 6.07) is 15.9. The number of hydrogen-bond donors (Lipinski definition) is 3. The molecule has 0 aromatic heterocycles. The van der Waals surface area contributed by atoms with E-state index in [4.69, 9.17) is 10.5 Å². The maximum absolute atomic E-state index is 9.67. The first-order chi connectivity index (χ1) is 13.1. The van der Waals surface area contributed by atoms with Crippen molar-refractivity contribution in [2.45, 2.75) is 32.0 Å². The second-order valence-corrected chi connectivity index (χ2v) is 6.83. The first-order valence-corrected chi connectivity index (χ1v) is 9.32. The highest BCUT2D eigenvalue weighted by Crippen LogP contribution is 2.18. The van der Waals surface area contributed by atoms with Crippen LogP contribution in [0.1, 0.15) is 24.0 Å². The second-order valence-electron chi connectivity index (χ2n) is 6.83. The van der Waals surface area contributed by atoms with Crippen molar-refractivity contribution in [3.63, 3.8) is 0 Å². The van der Waals surface area contributed by atoms with Crippen molar-refractivity contribution in [1.82, 2.24) is 4.90 Å². The predicted octanol–water partition coefficient (Wildman–Crippen LogP) is 2.58. The third-order valence-corrected chi connectivity index (χ3v) is 4.83. The number of nitrogens with two attached hydrogens (primary N) is 1. The van der Waals surface area contributed by atoms with Gasteiger partial charge in [0.05, 0.1) is 19.8 Å². The van der Waals surface area contributed by atoms with Gasteiger partial charge in [0.15, 0.2) is 5.96 Å². The van der Waals surface area contributed by atoms with Gasteiger partial charge in [0.1, 0.15) is 5.75 Å². The van der Waals surface area contributed by atoms with Gasteiger partial charge >= 0.3 is 0 Å². The van der Waals surface area contributed by atoms with E-state index in [9.17, 15) is 5.11 Å². The van der Waals surface area contributed by atoms with Crippen LogP contribution in [0.3, 0.4) is 0 Å². The lowest BCUT2D eigenvalue weighted by Crippen LogP contribution is -2.35. The highest BCUT2D eigenvalue weighted by atomic mass is 16.5. The monoisotopic (exact) mass is 368 g/mol. The highest BCUT2D eigenvalue weighted by molar-refractivity contribution is 5.92. The number of likely N-dealkylation sites (tertiary alicyclic amines) is 1. The highest BCUT2D eigenvalue weighted by Gasteiger charge is 2.17. The smallest absolute Gasteiger partial charge is 0.193 e. The van der Waals surface area contributed by atoms with Crippen LogP contribution in [0.25, 0.3) is 0 Å². The SMILES string of the molecule is COc1cccc(NC(N)=NCc2ccccc2CN2CCC(O)CC2)c1. The van der Waals surface area contributed by atoms with Crippen LogP contribution in [-0.2, 0) is 13.1 Å². The number of hydrogen-bond acceptors (Lipinski definition) is 4. The standard InChI is InChI=1S/C21H28N4O2/c1-27-20-8-4-7-18(13-20)24-21(22)23-14-16-5-2-3-6-17(16)15-25-11-9-19(26)10-12-25/h2-8,13,19,26H,9-12,14-15H2,1H3,(H3,22,23,24). The summed E-state index contributed by atoms with van der Waals surface area (Å²) >= 11 is 0. The Morgan fingerprint density at radius 2 is 1.93 bits per heavy atom. The minimum absolute atomic E-state index is 0.149. The average Bonchev–Trinajstić information content (AvgIpc) is 2.69. The van der Waals surface area contributed by atoms with Crippen molar-refractivity contribution in [1.29, 1.82) is 0 Å². The average molecular weight is 368 g/mol. The van der Waals surface area contributed by atoms with Gasteiger partial charge in [-0.1, -0.05) is 30.3 Å². The van der Waals surface area contributed by atoms with Crippen LogP contribution in [0.15, 0.2) is 53.5 Å². The van der Waals surface area contributed by atoms with E-state index in [2.05, 4.69) is 33.4 Å². The first-order valence-electron chi connectivity index (χ1n) is 9.32. The number of ether oxygens (including phenoxy) is 1. The number of nitrogens with zero attached hydrogens (tertiary/aromatic N) is 2. The zero-order valence-corrected chi connectivity index (χ0v) is 15.8. The zero-order chi connectivity index (χ0) is 19.1. The van der Waals surface area contributed by atoms with Crippen molar-refractivity contribution in [3.8, 4) is 5.75 Å². The summed E-state index contributed by atoms with van der Waals surface area (Å²) in [6.07, 6.45) is 1.54.